The molecule has 0 bridgehead atoms. The molecule has 0 aliphatic carbocycles. The number of rotatable bonds is 3. The minimum absolute atomic E-state index is 0.804. The molecule has 0 aromatic carbocycles. The zero-order valence-electron chi connectivity index (χ0n) is 9.70. The average molecular weight is 208 g/mol. The topological polar surface area (TPSA) is 24.8 Å². The number of amidine groups is 1. The van der Waals surface area contributed by atoms with Gasteiger partial charge in [0.15, 0.2) is 0 Å². The van der Waals surface area contributed by atoms with Crippen LogP contribution in [0.1, 0.15) is 20.3 Å². The fourth-order valence-electron chi connectivity index (χ4n) is 1.43. The molecule has 0 N–H and O–H groups in total. The number of aliphatic imine (C=N–C) groups is 1. The van der Waals surface area contributed by atoms with Crippen LogP contribution in [0.4, 0.5) is 0 Å². The van der Waals surface area contributed by atoms with Crippen molar-refractivity contribution < 1.29 is 4.74 Å². The molecular formula is C12H20N2O. The zero-order valence-corrected chi connectivity index (χ0v) is 9.70. The van der Waals surface area contributed by atoms with Gasteiger partial charge in [0.25, 0.3) is 0 Å². The van der Waals surface area contributed by atoms with Gasteiger partial charge in [0.05, 0.1) is 13.2 Å². The first kappa shape index (κ1) is 12.0. The summed E-state index contributed by atoms with van der Waals surface area (Å²) in [5, 5.41) is 0. The molecule has 0 amide bonds. The molecule has 0 saturated carbocycles. The smallest absolute Gasteiger partial charge is 0.101 e. The fourth-order valence-corrected chi connectivity index (χ4v) is 1.43. The predicted molar refractivity (Wildman–Crippen MR) is 64.1 cm³/mol. The lowest BCUT2D eigenvalue weighted by Gasteiger charge is -2.28. The first-order chi connectivity index (χ1) is 7.27. The van der Waals surface area contributed by atoms with Crippen molar-refractivity contribution in [2.45, 2.75) is 20.3 Å². The molecule has 1 saturated heterocycles. The molecule has 0 unspecified atom stereocenters. The van der Waals surface area contributed by atoms with E-state index in [1.807, 2.05) is 19.2 Å². The van der Waals surface area contributed by atoms with Crippen LogP contribution in [0.15, 0.2) is 29.4 Å². The van der Waals surface area contributed by atoms with Crippen molar-refractivity contribution in [1.82, 2.24) is 4.90 Å². The maximum Gasteiger partial charge on any atom is 0.101 e. The summed E-state index contributed by atoms with van der Waals surface area (Å²) >= 11 is 0. The minimum Gasteiger partial charge on any atom is -0.378 e. The summed E-state index contributed by atoms with van der Waals surface area (Å²) in [6.07, 6.45) is 4.73. The largest absolute Gasteiger partial charge is 0.378 e. The third-order valence-corrected chi connectivity index (χ3v) is 2.56. The van der Waals surface area contributed by atoms with Crippen molar-refractivity contribution >= 4 is 5.84 Å². The molecule has 0 aromatic rings. The maximum absolute atomic E-state index is 5.29. The van der Waals surface area contributed by atoms with Gasteiger partial charge in [-0.1, -0.05) is 19.6 Å². The van der Waals surface area contributed by atoms with Crippen molar-refractivity contribution in [3.8, 4) is 0 Å². The van der Waals surface area contributed by atoms with Crippen LogP contribution in [-0.2, 0) is 4.74 Å². The third-order valence-electron chi connectivity index (χ3n) is 2.56. The van der Waals surface area contributed by atoms with Crippen molar-refractivity contribution in [2.24, 2.45) is 4.99 Å². The molecule has 3 nitrogen and oxygen atoms in total. The van der Waals surface area contributed by atoms with Gasteiger partial charge in [0.2, 0.25) is 0 Å². The number of ether oxygens (including phenoxy) is 1. The predicted octanol–water partition coefficient (Wildman–Crippen LogP) is 2.22. The number of nitrogens with zero attached hydrogens (tertiary/aromatic N) is 2. The summed E-state index contributed by atoms with van der Waals surface area (Å²) in [5.41, 5.74) is 1.17. The monoisotopic (exact) mass is 208 g/mol. The Bertz CT molecular complexity index is 263. The van der Waals surface area contributed by atoms with Gasteiger partial charge in [-0.15, -0.1) is 0 Å². The lowest BCUT2D eigenvalue weighted by molar-refractivity contribution is 0.0678. The molecule has 3 heteroatoms. The first-order valence-electron chi connectivity index (χ1n) is 5.46. The van der Waals surface area contributed by atoms with Gasteiger partial charge in [-0.2, -0.15) is 0 Å². The highest BCUT2D eigenvalue weighted by Gasteiger charge is 2.10. The Morgan fingerprint density at radius 2 is 2.13 bits per heavy atom. The second kappa shape index (κ2) is 6.40. The summed E-state index contributed by atoms with van der Waals surface area (Å²) in [4.78, 5) is 6.69. The van der Waals surface area contributed by atoms with E-state index in [1.165, 1.54) is 5.57 Å². The van der Waals surface area contributed by atoms with E-state index < -0.39 is 0 Å². The summed E-state index contributed by atoms with van der Waals surface area (Å²) in [7, 11) is 0. The van der Waals surface area contributed by atoms with E-state index in [2.05, 4.69) is 23.4 Å². The molecule has 1 fully saturated rings. The van der Waals surface area contributed by atoms with E-state index in [9.17, 15) is 0 Å². The molecule has 15 heavy (non-hydrogen) atoms. The van der Waals surface area contributed by atoms with Gasteiger partial charge in [-0.3, -0.25) is 0 Å². The summed E-state index contributed by atoms with van der Waals surface area (Å²) in [5.74, 6) is 1.06. The quantitative estimate of drug-likeness (QED) is 0.403. The highest BCUT2D eigenvalue weighted by Crippen LogP contribution is 2.03. The van der Waals surface area contributed by atoms with Gasteiger partial charge in [0.1, 0.15) is 5.84 Å². The number of allylic oxidation sites excluding steroid dienone is 2. The van der Waals surface area contributed by atoms with Crippen LogP contribution in [-0.4, -0.2) is 37.0 Å². The Labute approximate surface area is 92.1 Å². The molecule has 0 atom stereocenters. The van der Waals surface area contributed by atoms with E-state index >= 15 is 0 Å². The Morgan fingerprint density at radius 1 is 1.47 bits per heavy atom. The second-order valence-electron chi connectivity index (χ2n) is 3.54. The highest BCUT2D eigenvalue weighted by molar-refractivity contribution is 5.80. The zero-order chi connectivity index (χ0) is 11.1. The number of morpholine rings is 1. The van der Waals surface area contributed by atoms with Crippen molar-refractivity contribution in [3.05, 3.63) is 24.4 Å². The van der Waals surface area contributed by atoms with Crippen LogP contribution in [0.25, 0.3) is 0 Å². The van der Waals surface area contributed by atoms with Gasteiger partial charge in [-0.25, -0.2) is 4.99 Å². The number of hydrogen-bond acceptors (Lipinski definition) is 2. The van der Waals surface area contributed by atoms with Crippen LogP contribution < -0.4 is 0 Å². The van der Waals surface area contributed by atoms with E-state index in [1.54, 1.807) is 0 Å². The third kappa shape index (κ3) is 3.88. The molecule has 84 valence electrons. The lowest BCUT2D eigenvalue weighted by Crippen LogP contribution is -2.39. The van der Waals surface area contributed by atoms with E-state index in [-0.39, 0.29) is 0 Å². The highest BCUT2D eigenvalue weighted by atomic mass is 16.5. The van der Waals surface area contributed by atoms with Crippen molar-refractivity contribution in [1.29, 1.82) is 0 Å². The Kier molecular flexibility index (Phi) is 5.12. The summed E-state index contributed by atoms with van der Waals surface area (Å²) in [6, 6.07) is 0. The summed E-state index contributed by atoms with van der Waals surface area (Å²) in [6.45, 7) is 11.4. The first-order valence-corrected chi connectivity index (χ1v) is 5.46. The van der Waals surface area contributed by atoms with Crippen LogP contribution in [0.2, 0.25) is 0 Å². The molecule has 0 spiro atoms. The minimum atomic E-state index is 0.804. The average Bonchev–Trinajstić information content (AvgIpc) is 2.31. The van der Waals surface area contributed by atoms with Gasteiger partial charge in [-0.05, 0) is 18.9 Å². The van der Waals surface area contributed by atoms with Crippen LogP contribution in [0, 0.1) is 0 Å². The molecule has 1 aliphatic rings. The molecule has 0 aromatic heterocycles. The van der Waals surface area contributed by atoms with Crippen LogP contribution >= 0.6 is 0 Å². The molecule has 1 aliphatic heterocycles. The Balaban J connectivity index is 2.57. The second-order valence-corrected chi connectivity index (χ2v) is 3.54. The van der Waals surface area contributed by atoms with Gasteiger partial charge < -0.3 is 9.64 Å². The van der Waals surface area contributed by atoms with E-state index in [0.717, 1.165) is 38.6 Å². The maximum atomic E-state index is 5.29. The normalized spacial score (nSPS) is 19.2. The van der Waals surface area contributed by atoms with Gasteiger partial charge >= 0.3 is 0 Å². The van der Waals surface area contributed by atoms with Crippen molar-refractivity contribution in [2.75, 3.05) is 26.3 Å². The molecule has 0 radical (unpaired) electrons. The molecule has 1 rings (SSSR count). The standard InChI is InChI=1S/C12H20N2O/c1-4-12(5-2)10-13-11(3)14-6-8-15-9-7-14/h4,10H,1,5-9H2,2-3H3/b12-10+,13-11?. The summed E-state index contributed by atoms with van der Waals surface area (Å²) < 4.78 is 5.29. The van der Waals surface area contributed by atoms with Crippen LogP contribution in [0.5, 0.6) is 0 Å². The van der Waals surface area contributed by atoms with E-state index in [0.29, 0.717) is 0 Å². The fraction of sp³-hybridized carbons (Fsp3) is 0.583. The van der Waals surface area contributed by atoms with E-state index in [4.69, 9.17) is 4.74 Å². The molecule has 1 heterocycles. The van der Waals surface area contributed by atoms with Crippen LogP contribution in [0.3, 0.4) is 0 Å². The van der Waals surface area contributed by atoms with Gasteiger partial charge in [0, 0.05) is 19.3 Å². The SMILES string of the molecule is C=C/C(=C\N=C(C)N1CCOCC1)CC. The Hall–Kier alpha value is -1.09. The lowest BCUT2D eigenvalue weighted by atomic mass is 10.2. The molecular weight excluding hydrogens is 188 g/mol. The Morgan fingerprint density at radius 3 is 2.67 bits per heavy atom. The number of hydrogen-bond donors (Lipinski definition) is 0. The van der Waals surface area contributed by atoms with Crippen molar-refractivity contribution in [3.63, 3.8) is 0 Å².